The Balaban J connectivity index is 1.99. The molecule has 3 heterocycles. The second-order valence-corrected chi connectivity index (χ2v) is 4.60. The van der Waals surface area contributed by atoms with Gasteiger partial charge >= 0.3 is 0 Å². The lowest BCUT2D eigenvalue weighted by molar-refractivity contribution is 0.582. The molecule has 92 valence electrons. The van der Waals surface area contributed by atoms with E-state index in [9.17, 15) is 0 Å². The van der Waals surface area contributed by atoms with Crippen LogP contribution < -0.4 is 0 Å². The number of H-pyrrole nitrogens is 1. The van der Waals surface area contributed by atoms with Gasteiger partial charge in [0, 0.05) is 31.7 Å². The van der Waals surface area contributed by atoms with Crippen molar-refractivity contribution in [3.63, 3.8) is 0 Å². The maximum atomic E-state index is 5.35. The first kappa shape index (κ1) is 11.2. The molecular weight excluding hydrogens is 246 g/mol. The van der Waals surface area contributed by atoms with Gasteiger partial charge in [-0.05, 0) is 30.8 Å². The van der Waals surface area contributed by atoms with Crippen LogP contribution in [0.25, 0.3) is 11.2 Å². The van der Waals surface area contributed by atoms with Crippen molar-refractivity contribution in [2.45, 2.75) is 20.0 Å². The van der Waals surface area contributed by atoms with Crippen LogP contribution in [0, 0.1) is 11.7 Å². The first-order valence-electron chi connectivity index (χ1n) is 5.75. The Labute approximate surface area is 109 Å². The predicted molar refractivity (Wildman–Crippen MR) is 71.9 cm³/mol. The smallest absolute Gasteiger partial charge is 0.179 e. The topological polar surface area (TPSA) is 51.4 Å². The van der Waals surface area contributed by atoms with E-state index in [1.165, 1.54) is 0 Å². The van der Waals surface area contributed by atoms with Crippen LogP contribution in [-0.4, -0.2) is 24.1 Å². The number of nitrogens with one attached hydrogen (secondary N) is 1. The minimum Gasteiger partial charge on any atom is -0.336 e. The Morgan fingerprint density at radius 2 is 2.22 bits per heavy atom. The van der Waals surface area contributed by atoms with Crippen molar-refractivity contribution in [3.8, 4) is 0 Å². The largest absolute Gasteiger partial charge is 0.336 e. The summed E-state index contributed by atoms with van der Waals surface area (Å²) in [6.45, 7) is 3.66. The van der Waals surface area contributed by atoms with Gasteiger partial charge in [-0.15, -0.1) is 0 Å². The van der Waals surface area contributed by atoms with Crippen LogP contribution >= 0.6 is 12.2 Å². The van der Waals surface area contributed by atoms with E-state index >= 15 is 0 Å². The predicted octanol–water partition coefficient (Wildman–Crippen LogP) is 2.30. The molecule has 1 N–H and O–H groups in total. The summed E-state index contributed by atoms with van der Waals surface area (Å²) in [6, 6.07) is 1.98. The molecule has 0 saturated heterocycles. The molecule has 0 unspecified atom stereocenters. The highest BCUT2D eigenvalue weighted by Crippen LogP contribution is 2.15. The number of hydrogen-bond acceptors (Lipinski definition) is 3. The number of imidazole rings is 2. The number of pyridine rings is 1. The van der Waals surface area contributed by atoms with Crippen LogP contribution in [0.4, 0.5) is 0 Å². The van der Waals surface area contributed by atoms with E-state index in [2.05, 4.69) is 21.9 Å². The van der Waals surface area contributed by atoms with Crippen LogP contribution in [0.3, 0.4) is 0 Å². The van der Waals surface area contributed by atoms with Gasteiger partial charge in [-0.1, -0.05) is 0 Å². The highest BCUT2D eigenvalue weighted by Gasteiger charge is 2.07. The first-order chi connectivity index (χ1) is 8.75. The summed E-state index contributed by atoms with van der Waals surface area (Å²) in [5.41, 5.74) is 3.10. The van der Waals surface area contributed by atoms with Gasteiger partial charge in [0.2, 0.25) is 0 Å². The summed E-state index contributed by atoms with van der Waals surface area (Å²) >= 11 is 5.35. The van der Waals surface area contributed by atoms with Crippen molar-refractivity contribution in [2.24, 2.45) is 0 Å². The molecule has 0 saturated carbocycles. The van der Waals surface area contributed by atoms with Crippen LogP contribution in [0.5, 0.6) is 0 Å². The Hall–Kier alpha value is -1.95. The molecule has 0 atom stereocenters. The van der Waals surface area contributed by atoms with Gasteiger partial charge in [0.05, 0.1) is 11.8 Å². The number of fused-ring (bicyclic) bond motifs is 1. The molecule has 0 amide bonds. The summed E-state index contributed by atoms with van der Waals surface area (Å²) in [7, 11) is 0. The van der Waals surface area contributed by atoms with Crippen LogP contribution in [0.1, 0.15) is 5.56 Å². The number of nitrogens with zero attached hydrogens (tertiary/aromatic N) is 4. The zero-order chi connectivity index (χ0) is 12.5. The van der Waals surface area contributed by atoms with Gasteiger partial charge < -0.3 is 9.55 Å². The van der Waals surface area contributed by atoms with Gasteiger partial charge in [-0.3, -0.25) is 4.57 Å². The van der Waals surface area contributed by atoms with Gasteiger partial charge in [-0.25, -0.2) is 9.97 Å². The third-order valence-corrected chi connectivity index (χ3v) is 3.34. The molecule has 0 spiro atoms. The lowest BCUT2D eigenvalue weighted by Gasteiger charge is -2.04. The van der Waals surface area contributed by atoms with Gasteiger partial charge in [-0.2, -0.15) is 0 Å². The van der Waals surface area contributed by atoms with Gasteiger partial charge in [0.25, 0.3) is 0 Å². The molecule has 0 aromatic carbocycles. The summed E-state index contributed by atoms with van der Waals surface area (Å²) in [5, 5.41) is 0. The molecule has 0 bridgehead atoms. The van der Waals surface area contributed by atoms with Crippen LogP contribution in [0.2, 0.25) is 0 Å². The van der Waals surface area contributed by atoms with Gasteiger partial charge in [0.15, 0.2) is 10.4 Å². The lowest BCUT2D eigenvalue weighted by Crippen LogP contribution is -2.06. The number of rotatable bonds is 3. The van der Waals surface area contributed by atoms with E-state index in [4.69, 9.17) is 12.2 Å². The van der Waals surface area contributed by atoms with Gasteiger partial charge in [0.1, 0.15) is 0 Å². The molecule has 0 radical (unpaired) electrons. The van der Waals surface area contributed by atoms with E-state index < -0.39 is 0 Å². The Bertz CT molecular complexity index is 723. The minimum absolute atomic E-state index is 0.715. The highest BCUT2D eigenvalue weighted by molar-refractivity contribution is 7.71. The Kier molecular flexibility index (Phi) is 2.71. The molecule has 0 aliphatic heterocycles. The van der Waals surface area contributed by atoms with E-state index in [0.717, 1.165) is 29.8 Å². The SMILES string of the molecule is Cc1ccnc2c1[nH]c(=S)n2CCn1ccnc1. The summed E-state index contributed by atoms with van der Waals surface area (Å²) in [5.74, 6) is 0. The summed E-state index contributed by atoms with van der Waals surface area (Å²) in [4.78, 5) is 11.6. The third-order valence-electron chi connectivity index (χ3n) is 3.01. The third kappa shape index (κ3) is 1.84. The normalized spacial score (nSPS) is 11.2. The monoisotopic (exact) mass is 259 g/mol. The van der Waals surface area contributed by atoms with Crippen LogP contribution in [-0.2, 0) is 13.1 Å². The number of aromatic amines is 1. The second kappa shape index (κ2) is 4.38. The number of hydrogen-bond donors (Lipinski definition) is 1. The molecular formula is C12H13N5S. The molecule has 6 heteroatoms. The van der Waals surface area contributed by atoms with E-state index in [1.807, 2.05) is 27.6 Å². The first-order valence-corrected chi connectivity index (χ1v) is 6.16. The summed E-state index contributed by atoms with van der Waals surface area (Å²) < 4.78 is 4.76. The minimum atomic E-state index is 0.715. The molecule has 5 nitrogen and oxygen atoms in total. The fourth-order valence-corrected chi connectivity index (χ4v) is 2.30. The molecule has 0 fully saturated rings. The maximum Gasteiger partial charge on any atom is 0.179 e. The number of aryl methyl sites for hydroxylation is 3. The van der Waals surface area contributed by atoms with E-state index in [1.54, 1.807) is 12.5 Å². The highest BCUT2D eigenvalue weighted by atomic mass is 32.1. The van der Waals surface area contributed by atoms with Crippen LogP contribution in [0.15, 0.2) is 31.0 Å². The standard InChI is InChI=1S/C12H13N5S/c1-9-2-3-14-11-10(9)15-12(18)17(11)7-6-16-5-4-13-8-16/h2-5,8H,6-7H2,1H3,(H,15,18). The number of aromatic nitrogens is 5. The average Bonchev–Trinajstić information content (AvgIpc) is 2.95. The van der Waals surface area contributed by atoms with E-state index in [-0.39, 0.29) is 0 Å². The van der Waals surface area contributed by atoms with Crippen molar-refractivity contribution in [2.75, 3.05) is 0 Å². The molecule has 3 aromatic heterocycles. The van der Waals surface area contributed by atoms with E-state index in [0.29, 0.717) is 4.77 Å². The van der Waals surface area contributed by atoms with Crippen molar-refractivity contribution >= 4 is 23.4 Å². The quantitative estimate of drug-likeness (QED) is 0.734. The average molecular weight is 259 g/mol. The van der Waals surface area contributed by atoms with Crippen molar-refractivity contribution in [1.29, 1.82) is 0 Å². The molecule has 3 rings (SSSR count). The molecule has 0 aliphatic rings. The van der Waals surface area contributed by atoms with Crippen molar-refractivity contribution in [3.05, 3.63) is 41.3 Å². The van der Waals surface area contributed by atoms with Crippen molar-refractivity contribution in [1.82, 2.24) is 24.1 Å². The maximum absolute atomic E-state index is 5.35. The zero-order valence-corrected chi connectivity index (χ0v) is 10.8. The fourth-order valence-electron chi connectivity index (χ4n) is 2.02. The van der Waals surface area contributed by atoms with Crippen molar-refractivity contribution < 1.29 is 0 Å². The lowest BCUT2D eigenvalue weighted by atomic mass is 10.3. The molecule has 3 aromatic rings. The Morgan fingerprint density at radius 3 is 3.00 bits per heavy atom. The molecule has 18 heavy (non-hydrogen) atoms. The Morgan fingerprint density at radius 1 is 1.33 bits per heavy atom. The summed E-state index contributed by atoms with van der Waals surface area (Å²) in [6.07, 6.45) is 7.33. The zero-order valence-electron chi connectivity index (χ0n) is 10.00. The fraction of sp³-hybridized carbons (Fsp3) is 0.250. The second-order valence-electron chi connectivity index (χ2n) is 4.21. The molecule has 0 aliphatic carbocycles.